The molecule has 102 valence electrons. The van der Waals surface area contributed by atoms with Gasteiger partial charge in [-0.05, 0) is 55.3 Å². The second-order valence-electron chi connectivity index (χ2n) is 5.14. The Morgan fingerprint density at radius 3 is 2.65 bits per heavy atom. The molecule has 0 spiro atoms. The van der Waals surface area contributed by atoms with Gasteiger partial charge in [-0.1, -0.05) is 11.6 Å². The average Bonchev–Trinajstić information content (AvgIpc) is 2.71. The van der Waals surface area contributed by atoms with Gasteiger partial charge in [0, 0.05) is 23.3 Å². The fourth-order valence-electron chi connectivity index (χ4n) is 2.52. The quantitative estimate of drug-likeness (QED) is 0.684. The summed E-state index contributed by atoms with van der Waals surface area (Å²) in [5, 5.41) is 0.715. The van der Waals surface area contributed by atoms with E-state index in [1.807, 2.05) is 37.4 Å². The number of anilines is 1. The van der Waals surface area contributed by atoms with Gasteiger partial charge in [0.2, 0.25) is 0 Å². The minimum atomic E-state index is 0.715. The van der Waals surface area contributed by atoms with Gasteiger partial charge in [-0.25, -0.2) is 4.98 Å². The molecule has 0 saturated carbocycles. The number of fused-ring (bicyclic) bond motifs is 1. The number of halogens is 1. The van der Waals surface area contributed by atoms with E-state index in [1.54, 1.807) is 0 Å². The fraction of sp³-hybridized carbons (Fsp3) is 0.188. The standard InChI is InChI=1S/C16H16ClN3/c1-9-6-12(18)8-13(10(9)2)16-19-14-5-4-11(17)7-15(14)20(16)3/h4-8H,18H2,1-3H3. The zero-order chi connectivity index (χ0) is 14.4. The summed E-state index contributed by atoms with van der Waals surface area (Å²) in [5.41, 5.74) is 12.1. The number of hydrogen-bond donors (Lipinski definition) is 1. The third-order valence-corrected chi connectivity index (χ3v) is 4.01. The summed E-state index contributed by atoms with van der Waals surface area (Å²) in [6, 6.07) is 9.69. The highest BCUT2D eigenvalue weighted by molar-refractivity contribution is 6.31. The van der Waals surface area contributed by atoms with Crippen molar-refractivity contribution in [2.45, 2.75) is 13.8 Å². The third-order valence-electron chi connectivity index (χ3n) is 3.77. The second-order valence-corrected chi connectivity index (χ2v) is 5.57. The first-order chi connectivity index (χ1) is 9.47. The monoisotopic (exact) mass is 285 g/mol. The highest BCUT2D eigenvalue weighted by atomic mass is 35.5. The van der Waals surface area contributed by atoms with Crippen LogP contribution in [0.2, 0.25) is 5.02 Å². The molecule has 3 aromatic rings. The van der Waals surface area contributed by atoms with E-state index in [-0.39, 0.29) is 0 Å². The third kappa shape index (κ3) is 1.95. The number of nitrogens with two attached hydrogens (primary N) is 1. The first-order valence-corrected chi connectivity index (χ1v) is 6.84. The highest BCUT2D eigenvalue weighted by Crippen LogP contribution is 2.30. The van der Waals surface area contributed by atoms with Crippen molar-refractivity contribution in [3.05, 3.63) is 46.5 Å². The van der Waals surface area contributed by atoms with Crippen molar-refractivity contribution in [1.29, 1.82) is 0 Å². The van der Waals surface area contributed by atoms with Gasteiger partial charge in [0.25, 0.3) is 0 Å². The molecule has 3 rings (SSSR count). The summed E-state index contributed by atoms with van der Waals surface area (Å²) in [6.45, 7) is 4.16. The molecule has 1 aromatic heterocycles. The van der Waals surface area contributed by atoms with Gasteiger partial charge in [0.15, 0.2) is 0 Å². The van der Waals surface area contributed by atoms with Crippen LogP contribution >= 0.6 is 11.6 Å². The largest absolute Gasteiger partial charge is 0.399 e. The molecule has 0 bridgehead atoms. The van der Waals surface area contributed by atoms with Gasteiger partial charge in [-0.2, -0.15) is 0 Å². The number of hydrogen-bond acceptors (Lipinski definition) is 2. The molecule has 0 amide bonds. The molecular weight excluding hydrogens is 270 g/mol. The molecule has 0 fully saturated rings. The van der Waals surface area contributed by atoms with Gasteiger partial charge in [-0.3, -0.25) is 0 Å². The van der Waals surface area contributed by atoms with Crippen LogP contribution < -0.4 is 5.73 Å². The molecule has 3 nitrogen and oxygen atoms in total. The number of rotatable bonds is 1. The topological polar surface area (TPSA) is 43.8 Å². The molecule has 2 N–H and O–H groups in total. The molecule has 0 atom stereocenters. The lowest BCUT2D eigenvalue weighted by Crippen LogP contribution is -1.98. The van der Waals surface area contributed by atoms with Crippen molar-refractivity contribution in [2.75, 3.05) is 5.73 Å². The summed E-state index contributed by atoms with van der Waals surface area (Å²) < 4.78 is 2.06. The number of aryl methyl sites for hydroxylation is 2. The molecule has 0 aliphatic heterocycles. The van der Waals surface area contributed by atoms with Crippen LogP contribution in [0, 0.1) is 13.8 Å². The van der Waals surface area contributed by atoms with Gasteiger partial charge in [0.05, 0.1) is 11.0 Å². The van der Waals surface area contributed by atoms with Gasteiger partial charge in [-0.15, -0.1) is 0 Å². The predicted molar refractivity (Wildman–Crippen MR) is 85.0 cm³/mol. The maximum absolute atomic E-state index is 6.07. The molecular formula is C16H16ClN3. The van der Waals surface area contributed by atoms with Crippen molar-refractivity contribution in [1.82, 2.24) is 9.55 Å². The highest BCUT2D eigenvalue weighted by Gasteiger charge is 2.13. The van der Waals surface area contributed by atoms with Crippen LogP contribution in [0.4, 0.5) is 5.69 Å². The molecule has 0 aliphatic carbocycles. The van der Waals surface area contributed by atoms with Crippen molar-refractivity contribution < 1.29 is 0 Å². The van der Waals surface area contributed by atoms with E-state index in [2.05, 4.69) is 18.4 Å². The molecule has 4 heteroatoms. The van der Waals surface area contributed by atoms with Crippen LogP contribution in [0.15, 0.2) is 30.3 Å². The molecule has 1 heterocycles. The number of aromatic nitrogens is 2. The lowest BCUT2D eigenvalue weighted by Gasteiger charge is -2.10. The lowest BCUT2D eigenvalue weighted by atomic mass is 10.0. The van der Waals surface area contributed by atoms with E-state index in [4.69, 9.17) is 22.3 Å². The van der Waals surface area contributed by atoms with Crippen molar-refractivity contribution in [3.63, 3.8) is 0 Å². The van der Waals surface area contributed by atoms with Crippen molar-refractivity contribution in [3.8, 4) is 11.4 Å². The van der Waals surface area contributed by atoms with Gasteiger partial charge >= 0.3 is 0 Å². The molecule has 2 aromatic carbocycles. The Balaban J connectivity index is 2.33. The van der Waals surface area contributed by atoms with Crippen LogP contribution in [0.1, 0.15) is 11.1 Å². The minimum absolute atomic E-state index is 0.715. The van der Waals surface area contributed by atoms with Crippen LogP contribution in [-0.4, -0.2) is 9.55 Å². The second kappa shape index (κ2) is 4.53. The number of benzene rings is 2. The van der Waals surface area contributed by atoms with E-state index >= 15 is 0 Å². The minimum Gasteiger partial charge on any atom is -0.399 e. The summed E-state index contributed by atoms with van der Waals surface area (Å²) in [5.74, 6) is 0.912. The summed E-state index contributed by atoms with van der Waals surface area (Å²) >= 11 is 6.07. The normalized spacial score (nSPS) is 11.2. The summed E-state index contributed by atoms with van der Waals surface area (Å²) in [7, 11) is 2.00. The predicted octanol–water partition coefficient (Wildman–Crippen LogP) is 4.09. The van der Waals surface area contributed by atoms with Crippen LogP contribution in [0.25, 0.3) is 22.4 Å². The number of nitrogens with zero attached hydrogens (tertiary/aromatic N) is 2. The van der Waals surface area contributed by atoms with Crippen LogP contribution in [-0.2, 0) is 7.05 Å². The summed E-state index contributed by atoms with van der Waals surface area (Å²) in [4.78, 5) is 4.72. The van der Waals surface area contributed by atoms with E-state index < -0.39 is 0 Å². The Bertz CT molecular complexity index is 818. The molecule has 0 saturated heterocycles. The first-order valence-electron chi connectivity index (χ1n) is 6.46. The van der Waals surface area contributed by atoms with E-state index in [0.717, 1.165) is 28.1 Å². The average molecular weight is 286 g/mol. The van der Waals surface area contributed by atoms with E-state index in [9.17, 15) is 0 Å². The van der Waals surface area contributed by atoms with Crippen molar-refractivity contribution in [2.24, 2.45) is 7.05 Å². The molecule has 20 heavy (non-hydrogen) atoms. The van der Waals surface area contributed by atoms with Crippen LogP contribution in [0.5, 0.6) is 0 Å². The van der Waals surface area contributed by atoms with Crippen molar-refractivity contribution >= 4 is 28.3 Å². The smallest absolute Gasteiger partial charge is 0.141 e. The number of imidazole rings is 1. The zero-order valence-corrected chi connectivity index (χ0v) is 12.5. The first kappa shape index (κ1) is 13.0. The Labute approximate surface area is 123 Å². The molecule has 0 aliphatic rings. The molecule has 0 unspecified atom stereocenters. The summed E-state index contributed by atoms with van der Waals surface area (Å²) in [6.07, 6.45) is 0. The lowest BCUT2D eigenvalue weighted by molar-refractivity contribution is 0.957. The van der Waals surface area contributed by atoms with Gasteiger partial charge < -0.3 is 10.3 Å². The Kier molecular flexibility index (Phi) is 2.94. The Morgan fingerprint density at radius 2 is 1.90 bits per heavy atom. The maximum atomic E-state index is 6.07. The van der Waals surface area contributed by atoms with Gasteiger partial charge in [0.1, 0.15) is 5.82 Å². The maximum Gasteiger partial charge on any atom is 0.141 e. The van der Waals surface area contributed by atoms with Crippen LogP contribution in [0.3, 0.4) is 0 Å². The Hall–Kier alpha value is -2.00. The SMILES string of the molecule is Cc1cc(N)cc(-c2nc3ccc(Cl)cc3n2C)c1C. The number of nitrogen functional groups attached to an aromatic ring is 1. The zero-order valence-electron chi connectivity index (χ0n) is 11.7. The van der Waals surface area contributed by atoms with E-state index in [0.29, 0.717) is 5.02 Å². The molecule has 0 radical (unpaired) electrons. The Morgan fingerprint density at radius 1 is 1.15 bits per heavy atom. The fourth-order valence-corrected chi connectivity index (χ4v) is 2.69. The van der Waals surface area contributed by atoms with E-state index in [1.165, 1.54) is 11.1 Å².